The second-order valence-corrected chi connectivity index (χ2v) is 6.31. The summed E-state index contributed by atoms with van der Waals surface area (Å²) in [4.78, 5) is 25.3. The normalized spacial score (nSPS) is 30.1. The summed E-state index contributed by atoms with van der Waals surface area (Å²) in [6.45, 7) is 2.45. The van der Waals surface area contributed by atoms with E-state index in [0.717, 1.165) is 12.8 Å². The maximum atomic E-state index is 13.2. The van der Waals surface area contributed by atoms with Gasteiger partial charge in [0.05, 0.1) is 0 Å². The third kappa shape index (κ3) is 3.71. The molecule has 0 aromatic rings. The number of carbonyl (C=O) groups excluding carboxylic acids is 1. The molecule has 0 bridgehead atoms. The number of carbonyl (C=O) groups is 2. The summed E-state index contributed by atoms with van der Waals surface area (Å²) in [6, 6.07) is -0.793. The van der Waals surface area contributed by atoms with Gasteiger partial charge in [0, 0.05) is 25.3 Å². The lowest BCUT2D eigenvalue weighted by molar-refractivity contribution is -0.157. The average molecular weight is 303 g/mol. The van der Waals surface area contributed by atoms with Crippen LogP contribution < -0.4 is 0 Å². The molecule has 2 aliphatic rings. The zero-order valence-corrected chi connectivity index (χ0v) is 12.4. The van der Waals surface area contributed by atoms with E-state index < -0.39 is 23.9 Å². The largest absolute Gasteiger partial charge is 0.480 e. The lowest BCUT2D eigenvalue weighted by atomic mass is 9.83. The number of alkyl halides is 2. The molecule has 2 atom stereocenters. The molecule has 0 spiro atoms. The van der Waals surface area contributed by atoms with Crippen molar-refractivity contribution in [3.63, 3.8) is 0 Å². The van der Waals surface area contributed by atoms with E-state index in [1.54, 1.807) is 0 Å². The first-order chi connectivity index (χ1) is 9.84. The number of hydrogen-bond donors (Lipinski definition) is 1. The van der Waals surface area contributed by atoms with Gasteiger partial charge in [0.1, 0.15) is 6.04 Å². The highest BCUT2D eigenvalue weighted by Crippen LogP contribution is 2.38. The maximum absolute atomic E-state index is 13.2. The molecule has 1 saturated heterocycles. The molecule has 21 heavy (non-hydrogen) atoms. The second kappa shape index (κ2) is 6.28. The fourth-order valence-corrected chi connectivity index (χ4v) is 3.43. The van der Waals surface area contributed by atoms with Gasteiger partial charge in [-0.2, -0.15) is 0 Å². The number of rotatable bonds is 3. The summed E-state index contributed by atoms with van der Waals surface area (Å²) < 4.78 is 26.3. The van der Waals surface area contributed by atoms with Crippen molar-refractivity contribution < 1.29 is 23.5 Å². The van der Waals surface area contributed by atoms with Crippen LogP contribution in [0.5, 0.6) is 0 Å². The highest BCUT2D eigenvalue weighted by Gasteiger charge is 2.42. The van der Waals surface area contributed by atoms with E-state index in [1.807, 2.05) is 6.92 Å². The molecule has 1 amide bonds. The molecule has 1 saturated carbocycles. The number of carboxylic acid groups (broad SMARTS) is 1. The van der Waals surface area contributed by atoms with Crippen LogP contribution >= 0.6 is 0 Å². The highest BCUT2D eigenvalue weighted by atomic mass is 19.3. The Morgan fingerprint density at radius 3 is 2.38 bits per heavy atom. The Hall–Kier alpha value is -1.20. The molecule has 1 N–H and O–H groups in total. The highest BCUT2D eigenvalue weighted by molar-refractivity contribution is 5.85. The molecule has 1 aliphatic heterocycles. The summed E-state index contributed by atoms with van der Waals surface area (Å²) in [7, 11) is 0. The van der Waals surface area contributed by atoms with Crippen LogP contribution in [0.3, 0.4) is 0 Å². The molecule has 0 aromatic carbocycles. The molecule has 2 fully saturated rings. The topological polar surface area (TPSA) is 57.6 Å². The molecule has 2 rings (SSSR count). The average Bonchev–Trinajstić information content (AvgIpc) is 2.45. The van der Waals surface area contributed by atoms with Crippen molar-refractivity contribution in [2.24, 2.45) is 11.8 Å². The van der Waals surface area contributed by atoms with Crippen LogP contribution in [-0.4, -0.2) is 40.4 Å². The third-order valence-electron chi connectivity index (χ3n) is 4.92. The van der Waals surface area contributed by atoms with Crippen molar-refractivity contribution in [3.8, 4) is 0 Å². The molecule has 2 unspecified atom stereocenters. The van der Waals surface area contributed by atoms with Crippen LogP contribution in [0.25, 0.3) is 0 Å². The lowest BCUT2D eigenvalue weighted by Crippen LogP contribution is -2.52. The Balaban J connectivity index is 2.02. The van der Waals surface area contributed by atoms with Gasteiger partial charge in [0.25, 0.3) is 0 Å². The Morgan fingerprint density at radius 1 is 1.24 bits per heavy atom. The monoisotopic (exact) mass is 303 g/mol. The summed E-state index contributed by atoms with van der Waals surface area (Å²) in [5, 5.41) is 9.34. The van der Waals surface area contributed by atoms with Gasteiger partial charge in [0.15, 0.2) is 0 Å². The Bertz CT molecular complexity index is 404. The van der Waals surface area contributed by atoms with Crippen LogP contribution in [-0.2, 0) is 9.59 Å². The third-order valence-corrected chi connectivity index (χ3v) is 4.92. The molecule has 1 heterocycles. The first-order valence-corrected chi connectivity index (χ1v) is 7.75. The van der Waals surface area contributed by atoms with E-state index in [1.165, 1.54) is 4.90 Å². The van der Waals surface area contributed by atoms with Crippen LogP contribution in [0.2, 0.25) is 0 Å². The Labute approximate surface area is 123 Å². The van der Waals surface area contributed by atoms with Crippen molar-refractivity contribution in [2.45, 2.75) is 63.8 Å². The van der Waals surface area contributed by atoms with E-state index in [0.29, 0.717) is 18.9 Å². The minimum Gasteiger partial charge on any atom is -0.480 e. The van der Waals surface area contributed by atoms with Gasteiger partial charge in [-0.05, 0) is 31.6 Å². The van der Waals surface area contributed by atoms with Crippen molar-refractivity contribution in [1.29, 1.82) is 0 Å². The molecule has 4 nitrogen and oxygen atoms in total. The number of amides is 1. The number of piperidine rings is 1. The van der Waals surface area contributed by atoms with Crippen LogP contribution in [0.15, 0.2) is 0 Å². The van der Waals surface area contributed by atoms with E-state index in [2.05, 4.69) is 0 Å². The molecule has 6 heteroatoms. The van der Waals surface area contributed by atoms with E-state index in [9.17, 15) is 23.5 Å². The fraction of sp³-hybridized carbons (Fsp3) is 0.867. The summed E-state index contributed by atoms with van der Waals surface area (Å²) in [5.74, 6) is -4.01. The summed E-state index contributed by atoms with van der Waals surface area (Å²) >= 11 is 0. The molecule has 0 aromatic heterocycles. The van der Waals surface area contributed by atoms with Crippen molar-refractivity contribution in [2.75, 3.05) is 6.54 Å². The first-order valence-electron chi connectivity index (χ1n) is 7.75. The van der Waals surface area contributed by atoms with E-state index in [4.69, 9.17) is 0 Å². The van der Waals surface area contributed by atoms with Gasteiger partial charge in [0.2, 0.25) is 11.8 Å². The standard InChI is InChI=1S/C15H23F2NO3/c1-2-10-5-8-18(12(9-10)14(20)21)13(19)11-3-6-15(16,17)7-4-11/h10-12H,2-9H2,1H3,(H,20,21). The van der Waals surface area contributed by atoms with Crippen LogP contribution in [0, 0.1) is 11.8 Å². The minimum absolute atomic E-state index is 0.159. The van der Waals surface area contributed by atoms with Gasteiger partial charge >= 0.3 is 5.97 Å². The maximum Gasteiger partial charge on any atom is 0.326 e. The number of carboxylic acids is 1. The zero-order valence-electron chi connectivity index (χ0n) is 12.4. The summed E-state index contributed by atoms with van der Waals surface area (Å²) in [5.41, 5.74) is 0. The Kier molecular flexibility index (Phi) is 4.84. The van der Waals surface area contributed by atoms with Crippen molar-refractivity contribution >= 4 is 11.9 Å². The number of hydrogen-bond acceptors (Lipinski definition) is 2. The predicted octanol–water partition coefficient (Wildman–Crippen LogP) is 2.91. The fourth-order valence-electron chi connectivity index (χ4n) is 3.43. The first kappa shape index (κ1) is 16.2. The van der Waals surface area contributed by atoms with Gasteiger partial charge < -0.3 is 10.0 Å². The van der Waals surface area contributed by atoms with Crippen molar-refractivity contribution in [3.05, 3.63) is 0 Å². The molecular weight excluding hydrogens is 280 g/mol. The van der Waals surface area contributed by atoms with Gasteiger partial charge in [-0.3, -0.25) is 4.79 Å². The van der Waals surface area contributed by atoms with Crippen molar-refractivity contribution in [1.82, 2.24) is 4.90 Å². The minimum atomic E-state index is -2.67. The number of halogens is 2. The van der Waals surface area contributed by atoms with Crippen LogP contribution in [0.4, 0.5) is 8.78 Å². The molecule has 120 valence electrons. The number of aliphatic carboxylic acids is 1. The summed E-state index contributed by atoms with van der Waals surface area (Å²) in [6.07, 6.45) is 1.95. The SMILES string of the molecule is CCC1CCN(C(=O)C2CCC(F)(F)CC2)C(C(=O)O)C1. The van der Waals surface area contributed by atoms with Gasteiger partial charge in [-0.15, -0.1) is 0 Å². The molecule has 1 aliphatic carbocycles. The predicted molar refractivity (Wildman–Crippen MR) is 73.1 cm³/mol. The van der Waals surface area contributed by atoms with Crippen LogP contribution in [0.1, 0.15) is 51.9 Å². The van der Waals surface area contributed by atoms with E-state index in [-0.39, 0.29) is 31.6 Å². The Morgan fingerprint density at radius 2 is 1.86 bits per heavy atom. The van der Waals surface area contributed by atoms with Gasteiger partial charge in [-0.25, -0.2) is 13.6 Å². The number of likely N-dealkylation sites (tertiary alicyclic amines) is 1. The molecule has 0 radical (unpaired) electrons. The number of nitrogens with zero attached hydrogens (tertiary/aromatic N) is 1. The second-order valence-electron chi connectivity index (χ2n) is 6.31. The molecular formula is C15H23F2NO3. The zero-order chi connectivity index (χ0) is 15.6. The van der Waals surface area contributed by atoms with E-state index >= 15 is 0 Å². The smallest absolute Gasteiger partial charge is 0.326 e. The quantitative estimate of drug-likeness (QED) is 0.872. The van der Waals surface area contributed by atoms with Gasteiger partial charge in [-0.1, -0.05) is 13.3 Å². The lowest BCUT2D eigenvalue weighted by Gasteiger charge is -2.40.